The number of halogens is 1. The van der Waals surface area contributed by atoms with Gasteiger partial charge in [-0.05, 0) is 37.1 Å². The summed E-state index contributed by atoms with van der Waals surface area (Å²) in [7, 11) is 0. The van der Waals surface area contributed by atoms with Gasteiger partial charge in [0.15, 0.2) is 5.82 Å². The van der Waals surface area contributed by atoms with Crippen LogP contribution in [0.1, 0.15) is 24.5 Å². The first-order chi connectivity index (χ1) is 9.24. The molecule has 0 unspecified atom stereocenters. The van der Waals surface area contributed by atoms with Crippen LogP contribution in [0.2, 0.25) is 5.02 Å². The molecule has 2 N–H and O–H groups in total. The van der Waals surface area contributed by atoms with Crippen LogP contribution in [0.4, 0.5) is 5.82 Å². The first-order valence-electron chi connectivity index (χ1n) is 6.31. The average molecular weight is 279 g/mol. The van der Waals surface area contributed by atoms with Crippen molar-refractivity contribution >= 4 is 17.4 Å². The lowest BCUT2D eigenvalue weighted by Gasteiger charge is -2.08. The third-order valence-electron chi connectivity index (χ3n) is 3.15. The zero-order valence-corrected chi connectivity index (χ0v) is 11.2. The van der Waals surface area contributed by atoms with Crippen molar-refractivity contribution in [3.05, 3.63) is 35.0 Å². The molecule has 1 aliphatic carbocycles. The summed E-state index contributed by atoms with van der Waals surface area (Å²) in [5.74, 6) is 1.88. The van der Waals surface area contributed by atoms with Crippen molar-refractivity contribution in [1.29, 1.82) is 0 Å². The Morgan fingerprint density at radius 1 is 1.32 bits per heavy atom. The molecule has 0 amide bonds. The minimum absolute atomic E-state index is 0.532. The second-order valence-electron chi connectivity index (χ2n) is 4.66. The van der Waals surface area contributed by atoms with Gasteiger partial charge >= 0.3 is 0 Å². The molecule has 0 atom stereocenters. The van der Waals surface area contributed by atoms with Crippen LogP contribution in [0, 0.1) is 0 Å². The van der Waals surface area contributed by atoms with E-state index < -0.39 is 0 Å². The Balaban J connectivity index is 1.59. The van der Waals surface area contributed by atoms with Crippen LogP contribution in [0.15, 0.2) is 24.3 Å². The molecule has 1 aromatic carbocycles. The Hall–Kier alpha value is -1.75. The molecule has 1 heterocycles. The van der Waals surface area contributed by atoms with Gasteiger partial charge in [0.2, 0.25) is 0 Å². The number of nitrogens with zero attached hydrogens (tertiary/aromatic N) is 3. The van der Waals surface area contributed by atoms with Gasteiger partial charge in [0.05, 0.1) is 12.2 Å². The van der Waals surface area contributed by atoms with E-state index in [1.54, 1.807) is 12.1 Å². The molecule has 2 aromatic rings. The Bertz CT molecular complexity index is 563. The van der Waals surface area contributed by atoms with Gasteiger partial charge in [-0.3, -0.25) is 0 Å². The van der Waals surface area contributed by atoms with E-state index in [9.17, 15) is 0 Å². The molecular weight excluding hydrogens is 264 g/mol. The summed E-state index contributed by atoms with van der Waals surface area (Å²) in [5.41, 5.74) is 6.89. The molecule has 0 radical (unpaired) electrons. The minimum Gasteiger partial charge on any atom is -0.492 e. The molecule has 19 heavy (non-hydrogen) atoms. The number of anilines is 1. The Morgan fingerprint density at radius 3 is 2.74 bits per heavy atom. The van der Waals surface area contributed by atoms with Gasteiger partial charge in [-0.1, -0.05) is 16.8 Å². The fourth-order valence-corrected chi connectivity index (χ4v) is 2.18. The van der Waals surface area contributed by atoms with Gasteiger partial charge in [0, 0.05) is 10.9 Å². The van der Waals surface area contributed by atoms with Crippen LogP contribution in [0.5, 0.6) is 5.75 Å². The van der Waals surface area contributed by atoms with E-state index in [4.69, 9.17) is 22.1 Å². The SMILES string of the molecule is Nc1nnn(CCOc2ccc(Cl)cc2)c1C1CC1. The van der Waals surface area contributed by atoms with Crippen molar-refractivity contribution < 1.29 is 4.74 Å². The number of hydrogen-bond acceptors (Lipinski definition) is 4. The molecule has 100 valence electrons. The number of aromatic nitrogens is 3. The minimum atomic E-state index is 0.532. The largest absolute Gasteiger partial charge is 0.492 e. The number of benzene rings is 1. The van der Waals surface area contributed by atoms with Gasteiger partial charge in [-0.15, -0.1) is 5.10 Å². The highest BCUT2D eigenvalue weighted by molar-refractivity contribution is 6.30. The van der Waals surface area contributed by atoms with Gasteiger partial charge in [0.25, 0.3) is 0 Å². The number of rotatable bonds is 5. The Kier molecular flexibility index (Phi) is 3.29. The molecule has 0 saturated heterocycles. The van der Waals surface area contributed by atoms with Crippen LogP contribution < -0.4 is 10.5 Å². The van der Waals surface area contributed by atoms with E-state index in [-0.39, 0.29) is 0 Å². The normalized spacial score (nSPS) is 14.6. The van der Waals surface area contributed by atoms with Crippen molar-refractivity contribution in [3.8, 4) is 5.75 Å². The quantitative estimate of drug-likeness (QED) is 0.912. The summed E-state index contributed by atoms with van der Waals surface area (Å²) in [6, 6.07) is 7.31. The summed E-state index contributed by atoms with van der Waals surface area (Å²) >= 11 is 5.82. The third-order valence-corrected chi connectivity index (χ3v) is 3.40. The number of ether oxygens (including phenoxy) is 1. The van der Waals surface area contributed by atoms with Crippen LogP contribution >= 0.6 is 11.6 Å². The standard InChI is InChI=1S/C13H15ClN4O/c14-10-3-5-11(6-4-10)19-8-7-18-12(9-1-2-9)13(15)16-17-18/h3-6,9H,1-2,7-8,15H2. The second kappa shape index (κ2) is 5.09. The molecule has 1 fully saturated rings. The van der Waals surface area contributed by atoms with Crippen molar-refractivity contribution in [3.63, 3.8) is 0 Å². The zero-order valence-electron chi connectivity index (χ0n) is 10.4. The molecule has 1 aromatic heterocycles. The first-order valence-corrected chi connectivity index (χ1v) is 6.69. The highest BCUT2D eigenvalue weighted by Crippen LogP contribution is 2.41. The summed E-state index contributed by atoms with van der Waals surface area (Å²) in [5, 5.41) is 8.70. The molecule has 0 spiro atoms. The lowest BCUT2D eigenvalue weighted by molar-refractivity contribution is 0.287. The van der Waals surface area contributed by atoms with Crippen LogP contribution in [-0.2, 0) is 6.54 Å². The van der Waals surface area contributed by atoms with E-state index in [1.807, 2.05) is 16.8 Å². The van der Waals surface area contributed by atoms with E-state index in [0.29, 0.717) is 29.9 Å². The van der Waals surface area contributed by atoms with Crippen LogP contribution in [0.25, 0.3) is 0 Å². The van der Waals surface area contributed by atoms with Gasteiger partial charge in [-0.25, -0.2) is 4.68 Å². The first kappa shape index (κ1) is 12.3. The van der Waals surface area contributed by atoms with Crippen LogP contribution in [0.3, 0.4) is 0 Å². The molecule has 1 aliphatic rings. The van der Waals surface area contributed by atoms with E-state index in [1.165, 1.54) is 12.8 Å². The summed E-state index contributed by atoms with van der Waals surface area (Å²) in [6.45, 7) is 1.18. The monoisotopic (exact) mass is 278 g/mol. The van der Waals surface area contributed by atoms with Gasteiger partial charge in [0.1, 0.15) is 12.4 Å². The molecule has 3 rings (SSSR count). The number of nitrogen functional groups attached to an aromatic ring is 1. The number of nitrogens with two attached hydrogens (primary N) is 1. The topological polar surface area (TPSA) is 66.0 Å². The Labute approximate surface area is 116 Å². The molecule has 0 bridgehead atoms. The maximum absolute atomic E-state index is 5.83. The predicted molar refractivity (Wildman–Crippen MR) is 73.4 cm³/mol. The average Bonchev–Trinajstić information content (AvgIpc) is 3.17. The smallest absolute Gasteiger partial charge is 0.169 e. The fourth-order valence-electron chi connectivity index (χ4n) is 2.06. The van der Waals surface area contributed by atoms with Crippen molar-refractivity contribution in [1.82, 2.24) is 15.0 Å². The maximum atomic E-state index is 5.83. The van der Waals surface area contributed by atoms with E-state index in [2.05, 4.69) is 10.3 Å². The lowest BCUT2D eigenvalue weighted by atomic mass is 10.3. The summed E-state index contributed by atoms with van der Waals surface area (Å²) in [4.78, 5) is 0. The summed E-state index contributed by atoms with van der Waals surface area (Å²) < 4.78 is 7.49. The van der Waals surface area contributed by atoms with E-state index in [0.717, 1.165) is 11.4 Å². The second-order valence-corrected chi connectivity index (χ2v) is 5.10. The van der Waals surface area contributed by atoms with Crippen molar-refractivity contribution in [2.75, 3.05) is 12.3 Å². The van der Waals surface area contributed by atoms with Gasteiger partial charge < -0.3 is 10.5 Å². The maximum Gasteiger partial charge on any atom is 0.169 e. The predicted octanol–water partition coefficient (Wildman–Crippen LogP) is 2.47. The molecule has 6 heteroatoms. The van der Waals surface area contributed by atoms with Crippen molar-refractivity contribution in [2.24, 2.45) is 0 Å². The van der Waals surface area contributed by atoms with Gasteiger partial charge in [-0.2, -0.15) is 0 Å². The zero-order chi connectivity index (χ0) is 13.2. The molecule has 5 nitrogen and oxygen atoms in total. The lowest BCUT2D eigenvalue weighted by Crippen LogP contribution is -2.12. The molecule has 1 saturated carbocycles. The fraction of sp³-hybridized carbons (Fsp3) is 0.385. The third kappa shape index (κ3) is 2.81. The molecular formula is C13H15ClN4O. The highest BCUT2D eigenvalue weighted by Gasteiger charge is 2.30. The molecule has 0 aliphatic heterocycles. The number of hydrogen-bond donors (Lipinski definition) is 1. The Morgan fingerprint density at radius 2 is 2.05 bits per heavy atom. The van der Waals surface area contributed by atoms with E-state index >= 15 is 0 Å². The van der Waals surface area contributed by atoms with Crippen molar-refractivity contribution in [2.45, 2.75) is 25.3 Å². The summed E-state index contributed by atoms with van der Waals surface area (Å²) in [6.07, 6.45) is 2.35. The highest BCUT2D eigenvalue weighted by atomic mass is 35.5. The van der Waals surface area contributed by atoms with Crippen LogP contribution in [-0.4, -0.2) is 21.6 Å².